The summed E-state index contributed by atoms with van der Waals surface area (Å²) in [6, 6.07) is 44.8. The molecule has 0 amide bonds. The van der Waals surface area contributed by atoms with Crippen LogP contribution in [0.4, 0.5) is 0 Å². The monoisotopic (exact) mass is 984 g/mol. The van der Waals surface area contributed by atoms with Crippen molar-refractivity contribution >= 4 is 49.7 Å². The number of nitrogens with zero attached hydrogens (tertiary/aromatic N) is 2. The first-order chi connectivity index (χ1) is 28.9. The number of furan rings is 2. The predicted molar refractivity (Wildman–Crippen MR) is 247 cm³/mol. The quantitative estimate of drug-likeness (QED) is 0.0885. The molecule has 3 heterocycles. The number of para-hydroxylation sites is 3. The molecule has 0 atom stereocenters. The molecule has 7 heteroatoms. The summed E-state index contributed by atoms with van der Waals surface area (Å²) in [6.07, 6.45) is 4.61. The molecule has 0 bridgehead atoms. The molecule has 3 aromatic heterocycles. The van der Waals surface area contributed by atoms with Gasteiger partial charge in [-0.2, -0.15) is 0 Å². The Morgan fingerprint density at radius 3 is 1.87 bits per heavy atom. The molecular weight excluding hydrogens is 933 g/mol. The Hall–Kier alpha value is -6.01. The number of ketones is 1. The number of aliphatic hydroxyl groups excluding tert-OH is 1. The Bertz CT molecular complexity index is 3010. The first-order valence-electron chi connectivity index (χ1n) is 20.9. The second kappa shape index (κ2) is 17.9. The van der Waals surface area contributed by atoms with Gasteiger partial charge in [-0.3, -0.25) is 9.78 Å². The molecule has 1 N–H and O–H groups in total. The first-order valence-corrected chi connectivity index (χ1v) is 20.9. The molecule has 1 radical (unpaired) electrons. The van der Waals surface area contributed by atoms with Gasteiger partial charge < -0.3 is 18.5 Å². The van der Waals surface area contributed by atoms with Gasteiger partial charge in [0.05, 0.1) is 22.6 Å². The number of rotatable bonds is 9. The van der Waals surface area contributed by atoms with Crippen molar-refractivity contribution in [3.05, 3.63) is 157 Å². The summed E-state index contributed by atoms with van der Waals surface area (Å²) < 4.78 is 14.6. The third-order valence-electron chi connectivity index (χ3n) is 11.2. The van der Waals surface area contributed by atoms with Crippen molar-refractivity contribution in [1.29, 1.82) is 0 Å². The van der Waals surface area contributed by atoms with Crippen LogP contribution in [0.2, 0.25) is 0 Å². The molecular formula is C54H51IrN2O4-. The minimum Gasteiger partial charge on any atom is -0.557 e. The molecule has 61 heavy (non-hydrogen) atoms. The van der Waals surface area contributed by atoms with Crippen molar-refractivity contribution in [2.24, 2.45) is 11.8 Å². The van der Waals surface area contributed by atoms with Crippen molar-refractivity contribution in [2.75, 3.05) is 0 Å². The maximum Gasteiger partial charge on any atom is 0.161 e. The molecule has 6 nitrogen and oxygen atoms in total. The summed E-state index contributed by atoms with van der Waals surface area (Å²) in [5.41, 5.74) is 13.8. The van der Waals surface area contributed by atoms with Crippen LogP contribution >= 0.6 is 0 Å². The van der Waals surface area contributed by atoms with Crippen LogP contribution in [0.1, 0.15) is 78.4 Å². The Kier molecular flexibility index (Phi) is 12.7. The fraction of sp³-hybridized carbons (Fsp3) is 0.222. The summed E-state index contributed by atoms with van der Waals surface area (Å²) in [7, 11) is 0. The van der Waals surface area contributed by atoms with Crippen LogP contribution in [0, 0.1) is 18.1 Å². The van der Waals surface area contributed by atoms with Crippen molar-refractivity contribution in [2.45, 2.75) is 67.2 Å². The van der Waals surface area contributed by atoms with Crippen molar-refractivity contribution in [1.82, 2.24) is 9.55 Å². The third kappa shape index (κ3) is 8.50. The van der Waals surface area contributed by atoms with E-state index in [1.165, 1.54) is 34.0 Å². The zero-order valence-electron chi connectivity index (χ0n) is 35.9. The molecule has 6 aromatic carbocycles. The number of carbonyl (C=O) groups is 1. The van der Waals surface area contributed by atoms with Gasteiger partial charge >= 0.3 is 0 Å². The number of carbonyl (C=O) groups excluding carboxylic acids is 1. The van der Waals surface area contributed by atoms with Gasteiger partial charge in [0.1, 0.15) is 11.2 Å². The average Bonchev–Trinajstić information content (AvgIpc) is 3.96. The number of imidazole rings is 1. The molecule has 0 fully saturated rings. The Labute approximate surface area is 371 Å². The van der Waals surface area contributed by atoms with Gasteiger partial charge in [-0.1, -0.05) is 151 Å². The summed E-state index contributed by atoms with van der Waals surface area (Å²) in [6.45, 7) is 16.4. The number of allylic oxidation sites excluding steroid dienone is 2. The topological polar surface area (TPSA) is 81.4 Å². The summed E-state index contributed by atoms with van der Waals surface area (Å²) in [5.74, 6) is 1.53. The third-order valence-corrected chi connectivity index (χ3v) is 11.2. The maximum absolute atomic E-state index is 11.0. The molecule has 0 saturated carbocycles. The van der Waals surface area contributed by atoms with Crippen molar-refractivity contribution < 1.29 is 38.8 Å². The minimum atomic E-state index is -0.0316. The Balaban J connectivity index is 0.000000415. The Morgan fingerprint density at radius 2 is 1.21 bits per heavy atom. The average molecular weight is 984 g/mol. The SMILES string of the molecule is CC(C)C(=O)/C=C(\O)C(C)C.CC(C)c1cc(-c2ccccc2)cc(C(C)C)c1-n1c(-c2[c-]oc3ccc(-c4ccc5oc6ccccc6c5c4)cc23)nc2ccccc21.[Ir]. The van der Waals surface area contributed by atoms with Crippen LogP contribution in [0.25, 0.3) is 83.3 Å². The summed E-state index contributed by atoms with van der Waals surface area (Å²) >= 11 is 0. The maximum atomic E-state index is 11.0. The molecule has 0 spiro atoms. The molecule has 9 rings (SSSR count). The van der Waals surface area contributed by atoms with Crippen LogP contribution in [0.5, 0.6) is 0 Å². The largest absolute Gasteiger partial charge is 0.557 e. The normalized spacial score (nSPS) is 12.0. The van der Waals surface area contributed by atoms with Gasteiger partial charge in [-0.05, 0) is 87.7 Å². The number of aromatic nitrogens is 2. The van der Waals surface area contributed by atoms with Gasteiger partial charge in [-0.15, -0.1) is 0 Å². The van der Waals surface area contributed by atoms with Crippen LogP contribution in [-0.4, -0.2) is 20.4 Å². The van der Waals surface area contributed by atoms with Gasteiger partial charge in [0.25, 0.3) is 0 Å². The van der Waals surface area contributed by atoms with Gasteiger partial charge in [0, 0.05) is 66.3 Å². The van der Waals surface area contributed by atoms with Gasteiger partial charge in [0.2, 0.25) is 0 Å². The van der Waals surface area contributed by atoms with E-state index in [-0.39, 0.29) is 55.3 Å². The zero-order chi connectivity index (χ0) is 42.2. The second-order valence-electron chi connectivity index (χ2n) is 16.8. The number of fused-ring (bicyclic) bond motifs is 5. The van der Waals surface area contributed by atoms with E-state index < -0.39 is 0 Å². The molecule has 0 saturated heterocycles. The van der Waals surface area contributed by atoms with Crippen LogP contribution < -0.4 is 0 Å². The summed E-state index contributed by atoms with van der Waals surface area (Å²) in [5, 5.41) is 12.4. The molecule has 0 unspecified atom stereocenters. The van der Waals surface area contributed by atoms with E-state index in [4.69, 9.17) is 13.8 Å². The fourth-order valence-electron chi connectivity index (χ4n) is 7.74. The smallest absolute Gasteiger partial charge is 0.161 e. The van der Waals surface area contributed by atoms with E-state index in [0.717, 1.165) is 66.5 Å². The van der Waals surface area contributed by atoms with Crippen LogP contribution in [0.3, 0.4) is 0 Å². The Morgan fingerprint density at radius 1 is 0.623 bits per heavy atom. The van der Waals surface area contributed by atoms with E-state index in [1.54, 1.807) is 0 Å². The van der Waals surface area contributed by atoms with Gasteiger partial charge in [-0.25, -0.2) is 0 Å². The molecule has 0 aliphatic rings. The van der Waals surface area contributed by atoms with Crippen LogP contribution in [-0.2, 0) is 24.9 Å². The predicted octanol–water partition coefficient (Wildman–Crippen LogP) is 15.0. The van der Waals surface area contributed by atoms with Crippen LogP contribution in [0.15, 0.2) is 148 Å². The van der Waals surface area contributed by atoms with Gasteiger partial charge in [0.15, 0.2) is 5.78 Å². The molecule has 0 aliphatic heterocycles. The zero-order valence-corrected chi connectivity index (χ0v) is 38.3. The number of aliphatic hydroxyl groups is 1. The van der Waals surface area contributed by atoms with E-state index in [2.05, 4.69) is 148 Å². The molecule has 0 aliphatic carbocycles. The first kappa shape index (κ1) is 43.1. The molecule has 9 aromatic rings. The number of hydrogen-bond acceptors (Lipinski definition) is 5. The summed E-state index contributed by atoms with van der Waals surface area (Å²) in [4.78, 5) is 16.3. The number of benzene rings is 6. The van der Waals surface area contributed by atoms with E-state index in [1.807, 2.05) is 45.9 Å². The van der Waals surface area contributed by atoms with E-state index in [9.17, 15) is 9.90 Å². The molecule has 311 valence electrons. The fourth-order valence-corrected chi connectivity index (χ4v) is 7.74. The van der Waals surface area contributed by atoms with E-state index >= 15 is 0 Å². The number of hydrogen-bond donors (Lipinski definition) is 1. The second-order valence-corrected chi connectivity index (χ2v) is 16.8. The minimum absolute atomic E-state index is 0. The standard InChI is InChI=1S/C45H35N2O2.C9H16O2.Ir/c1-27(2)34-24-32(29-12-6-5-7-13-29)25-35(28(3)4)44(34)47-40-16-10-9-15-39(40)46-45(47)38-26-48-41-20-18-30(23-37(38)41)31-19-21-43-36(22-31)33-14-8-11-17-42(33)49-43;1-6(2)8(10)5-9(11)7(3)4;/h5-25,27-28H,1-4H3;5-7,10H,1-4H3;/q-1;;/b;8-5-;. The van der Waals surface area contributed by atoms with Crippen molar-refractivity contribution in [3.63, 3.8) is 0 Å². The van der Waals surface area contributed by atoms with Crippen molar-refractivity contribution in [3.8, 4) is 39.3 Å². The van der Waals surface area contributed by atoms with E-state index in [0.29, 0.717) is 0 Å².